The molecule has 122 valence electrons. The lowest BCUT2D eigenvalue weighted by Gasteiger charge is -2.13. The zero-order chi connectivity index (χ0) is 16.2. The van der Waals surface area contributed by atoms with Crippen LogP contribution in [0.15, 0.2) is 34.1 Å². The molecule has 4 nitrogen and oxygen atoms in total. The Morgan fingerprint density at radius 3 is 3.00 bits per heavy atom. The Balaban J connectivity index is 1.84. The van der Waals surface area contributed by atoms with Gasteiger partial charge < -0.3 is 5.11 Å². The average molecular weight is 351 g/mol. The Morgan fingerprint density at radius 1 is 1.35 bits per heavy atom. The summed E-state index contributed by atoms with van der Waals surface area (Å²) in [5.41, 5.74) is 3.23. The van der Waals surface area contributed by atoms with Crippen LogP contribution in [0, 0.1) is 0 Å². The second-order valence-corrected chi connectivity index (χ2v) is 7.03. The van der Waals surface area contributed by atoms with E-state index in [-0.39, 0.29) is 12.3 Å². The number of aliphatic hydroxyl groups is 1. The fourth-order valence-electron chi connectivity index (χ4n) is 2.94. The first kappa shape index (κ1) is 16.6. The van der Waals surface area contributed by atoms with Crippen LogP contribution in [0.2, 0.25) is 5.02 Å². The first-order valence-electron chi connectivity index (χ1n) is 7.79. The van der Waals surface area contributed by atoms with Crippen molar-refractivity contribution in [2.45, 2.75) is 43.0 Å². The van der Waals surface area contributed by atoms with Gasteiger partial charge in [0.25, 0.3) is 0 Å². The predicted octanol–water partition coefficient (Wildman–Crippen LogP) is 3.06. The van der Waals surface area contributed by atoms with E-state index in [4.69, 9.17) is 16.7 Å². The fraction of sp³-hybridized carbons (Fsp3) is 0.412. The van der Waals surface area contributed by atoms with Crippen LogP contribution >= 0.6 is 23.4 Å². The Morgan fingerprint density at radius 2 is 2.22 bits per heavy atom. The Labute approximate surface area is 144 Å². The quantitative estimate of drug-likeness (QED) is 0.642. The molecule has 1 aromatic carbocycles. The van der Waals surface area contributed by atoms with E-state index < -0.39 is 0 Å². The van der Waals surface area contributed by atoms with Gasteiger partial charge in [0.1, 0.15) is 5.03 Å². The number of fused-ring (bicyclic) bond motifs is 1. The van der Waals surface area contributed by atoms with E-state index in [0.29, 0.717) is 13.0 Å². The molecule has 1 heterocycles. The topological polar surface area (TPSA) is 55.1 Å². The molecule has 1 aromatic heterocycles. The van der Waals surface area contributed by atoms with Gasteiger partial charge >= 0.3 is 5.69 Å². The molecule has 0 atom stereocenters. The summed E-state index contributed by atoms with van der Waals surface area (Å²) < 4.78 is 1.74. The Bertz CT molecular complexity index is 761. The van der Waals surface area contributed by atoms with Gasteiger partial charge in [-0.05, 0) is 43.4 Å². The second-order valence-electron chi connectivity index (χ2n) is 5.63. The predicted molar refractivity (Wildman–Crippen MR) is 93.2 cm³/mol. The van der Waals surface area contributed by atoms with Crippen LogP contribution in [0.4, 0.5) is 0 Å². The fourth-order valence-corrected chi connectivity index (χ4v) is 4.18. The van der Waals surface area contributed by atoms with E-state index in [1.165, 1.54) is 5.56 Å². The highest BCUT2D eigenvalue weighted by Gasteiger charge is 2.21. The van der Waals surface area contributed by atoms with Crippen molar-refractivity contribution < 1.29 is 5.11 Å². The molecule has 1 N–H and O–H groups in total. The third-order valence-electron chi connectivity index (χ3n) is 4.01. The molecule has 0 bridgehead atoms. The van der Waals surface area contributed by atoms with E-state index >= 15 is 0 Å². The van der Waals surface area contributed by atoms with Gasteiger partial charge in [-0.15, -0.1) is 11.8 Å². The third kappa shape index (κ3) is 3.79. The molecule has 3 rings (SSSR count). The number of rotatable bonds is 6. The van der Waals surface area contributed by atoms with Crippen LogP contribution in [0.1, 0.15) is 29.7 Å². The maximum Gasteiger partial charge on any atom is 0.348 e. The molecule has 0 saturated carbocycles. The summed E-state index contributed by atoms with van der Waals surface area (Å²) in [7, 11) is 0. The van der Waals surface area contributed by atoms with Gasteiger partial charge in [0.05, 0.1) is 0 Å². The van der Waals surface area contributed by atoms with Gasteiger partial charge in [0, 0.05) is 35.2 Å². The van der Waals surface area contributed by atoms with E-state index in [1.807, 2.05) is 24.3 Å². The summed E-state index contributed by atoms with van der Waals surface area (Å²) in [6, 6.07) is 7.76. The number of thioether (sulfide) groups is 1. The molecule has 2 aromatic rings. The van der Waals surface area contributed by atoms with Gasteiger partial charge in [-0.1, -0.05) is 23.7 Å². The van der Waals surface area contributed by atoms with Crippen molar-refractivity contribution >= 4 is 23.4 Å². The maximum atomic E-state index is 12.3. The minimum absolute atomic E-state index is 0.0898. The van der Waals surface area contributed by atoms with Crippen LogP contribution < -0.4 is 5.69 Å². The maximum absolute atomic E-state index is 12.3. The van der Waals surface area contributed by atoms with Crippen LogP contribution in [0.25, 0.3) is 0 Å². The SMILES string of the molecule is O=c1nc(SCc2cccc(Cl)c2)c2c(n1CCCO)CCC2. The Hall–Kier alpha value is -1.30. The number of hydrogen-bond donors (Lipinski definition) is 1. The largest absolute Gasteiger partial charge is 0.396 e. The summed E-state index contributed by atoms with van der Waals surface area (Å²) in [6.07, 6.45) is 3.54. The van der Waals surface area contributed by atoms with Crippen molar-refractivity contribution in [1.82, 2.24) is 9.55 Å². The third-order valence-corrected chi connectivity index (χ3v) is 5.33. The number of halogens is 1. The summed E-state index contributed by atoms with van der Waals surface area (Å²) in [6.45, 7) is 0.635. The molecule has 0 radical (unpaired) electrons. The summed E-state index contributed by atoms with van der Waals surface area (Å²) in [4.78, 5) is 16.6. The lowest BCUT2D eigenvalue weighted by atomic mass is 10.2. The highest BCUT2D eigenvalue weighted by molar-refractivity contribution is 7.98. The number of benzene rings is 1. The lowest BCUT2D eigenvalue weighted by Crippen LogP contribution is -2.27. The van der Waals surface area contributed by atoms with E-state index in [9.17, 15) is 4.79 Å². The minimum Gasteiger partial charge on any atom is -0.396 e. The summed E-state index contributed by atoms with van der Waals surface area (Å²) in [5, 5.41) is 10.6. The standard InChI is InChI=1S/C17H19ClN2O2S/c18-13-5-1-4-12(10-13)11-23-16-14-6-2-7-15(14)20(8-3-9-21)17(22)19-16/h1,4-5,10,21H,2-3,6-9,11H2. The van der Waals surface area contributed by atoms with Crippen molar-refractivity contribution in [1.29, 1.82) is 0 Å². The van der Waals surface area contributed by atoms with Crippen molar-refractivity contribution in [3.63, 3.8) is 0 Å². The van der Waals surface area contributed by atoms with Gasteiger partial charge in [0.2, 0.25) is 0 Å². The van der Waals surface area contributed by atoms with Crippen LogP contribution in [-0.4, -0.2) is 21.3 Å². The first-order chi connectivity index (χ1) is 11.2. The molecule has 0 aliphatic heterocycles. The number of aromatic nitrogens is 2. The smallest absolute Gasteiger partial charge is 0.348 e. The van der Waals surface area contributed by atoms with Crippen molar-refractivity contribution in [3.05, 3.63) is 56.6 Å². The number of aliphatic hydroxyl groups excluding tert-OH is 1. The zero-order valence-electron chi connectivity index (χ0n) is 12.8. The van der Waals surface area contributed by atoms with Gasteiger partial charge in [-0.2, -0.15) is 4.98 Å². The first-order valence-corrected chi connectivity index (χ1v) is 9.16. The molecule has 0 amide bonds. The van der Waals surface area contributed by atoms with Crippen molar-refractivity contribution in [3.8, 4) is 0 Å². The van der Waals surface area contributed by atoms with E-state index in [0.717, 1.165) is 46.3 Å². The molecule has 0 spiro atoms. The van der Waals surface area contributed by atoms with Crippen molar-refractivity contribution in [2.75, 3.05) is 6.61 Å². The molecule has 6 heteroatoms. The number of hydrogen-bond acceptors (Lipinski definition) is 4. The molecular formula is C17H19ClN2O2S. The zero-order valence-corrected chi connectivity index (χ0v) is 14.4. The Kier molecular flexibility index (Phi) is 5.41. The van der Waals surface area contributed by atoms with E-state index in [2.05, 4.69) is 4.98 Å². The molecule has 1 aliphatic rings. The number of nitrogens with zero attached hydrogens (tertiary/aromatic N) is 2. The minimum atomic E-state index is -0.201. The summed E-state index contributed by atoms with van der Waals surface area (Å²) >= 11 is 7.62. The molecule has 1 aliphatic carbocycles. The van der Waals surface area contributed by atoms with E-state index in [1.54, 1.807) is 16.3 Å². The molecule has 0 saturated heterocycles. The highest BCUT2D eigenvalue weighted by Crippen LogP contribution is 2.31. The summed E-state index contributed by atoms with van der Waals surface area (Å²) in [5.74, 6) is 0.750. The molecule has 0 unspecified atom stereocenters. The van der Waals surface area contributed by atoms with Crippen LogP contribution in [-0.2, 0) is 25.1 Å². The lowest BCUT2D eigenvalue weighted by molar-refractivity contribution is 0.277. The molecular weight excluding hydrogens is 332 g/mol. The monoisotopic (exact) mass is 350 g/mol. The second kappa shape index (κ2) is 7.51. The normalized spacial score (nSPS) is 13.3. The molecule has 0 fully saturated rings. The van der Waals surface area contributed by atoms with Gasteiger partial charge in [-0.25, -0.2) is 4.79 Å². The highest BCUT2D eigenvalue weighted by atomic mass is 35.5. The van der Waals surface area contributed by atoms with Crippen LogP contribution in [0.5, 0.6) is 0 Å². The average Bonchev–Trinajstić information content (AvgIpc) is 3.02. The molecule has 23 heavy (non-hydrogen) atoms. The van der Waals surface area contributed by atoms with Gasteiger partial charge in [-0.3, -0.25) is 4.57 Å². The van der Waals surface area contributed by atoms with Crippen LogP contribution in [0.3, 0.4) is 0 Å². The van der Waals surface area contributed by atoms with Gasteiger partial charge in [0.15, 0.2) is 0 Å². The van der Waals surface area contributed by atoms with Crippen molar-refractivity contribution in [2.24, 2.45) is 0 Å².